The van der Waals surface area contributed by atoms with Crippen LogP contribution in [0.15, 0.2) is 40.9 Å². The van der Waals surface area contributed by atoms with Gasteiger partial charge in [0.1, 0.15) is 5.75 Å². The number of hydrogen-bond donors (Lipinski definition) is 1. The Hall–Kier alpha value is -2.40. The van der Waals surface area contributed by atoms with Gasteiger partial charge in [-0.2, -0.15) is 4.98 Å². The second-order valence-corrected chi connectivity index (χ2v) is 5.02. The van der Waals surface area contributed by atoms with Crippen LogP contribution in [-0.2, 0) is 6.61 Å². The fourth-order valence-corrected chi connectivity index (χ4v) is 2.31. The van der Waals surface area contributed by atoms with E-state index < -0.39 is 0 Å². The molecule has 0 aliphatic carbocycles. The van der Waals surface area contributed by atoms with Crippen LogP contribution in [-0.4, -0.2) is 10.1 Å². The fourth-order valence-electron chi connectivity index (χ4n) is 2.31. The van der Waals surface area contributed by atoms with Crippen LogP contribution >= 0.6 is 0 Å². The van der Waals surface area contributed by atoms with Crippen molar-refractivity contribution in [3.8, 4) is 5.75 Å². The Morgan fingerprint density at radius 1 is 1.24 bits per heavy atom. The van der Waals surface area contributed by atoms with Crippen LogP contribution < -0.4 is 10.5 Å². The Labute approximate surface area is 122 Å². The Kier molecular flexibility index (Phi) is 3.58. The molecule has 1 aromatic heterocycles. The molecule has 2 aromatic carbocycles. The number of nitrogens with two attached hydrogens (primary N) is 1. The van der Waals surface area contributed by atoms with Crippen molar-refractivity contribution in [1.82, 2.24) is 10.1 Å². The number of aromatic nitrogens is 2. The number of fused-ring (bicyclic) bond motifs is 1. The van der Waals surface area contributed by atoms with Crippen LogP contribution in [0.4, 0.5) is 0 Å². The third kappa shape index (κ3) is 2.73. The lowest BCUT2D eigenvalue weighted by atomic mass is 10.0. The molecular weight excluding hydrogens is 266 g/mol. The maximum absolute atomic E-state index is 6.05. The van der Waals surface area contributed by atoms with Gasteiger partial charge in [0.15, 0.2) is 12.4 Å². The summed E-state index contributed by atoms with van der Waals surface area (Å²) < 4.78 is 11.0. The highest BCUT2D eigenvalue weighted by molar-refractivity contribution is 5.89. The van der Waals surface area contributed by atoms with Crippen LogP contribution in [0.3, 0.4) is 0 Å². The van der Waals surface area contributed by atoms with Gasteiger partial charge in [-0.05, 0) is 19.2 Å². The zero-order chi connectivity index (χ0) is 14.8. The van der Waals surface area contributed by atoms with Gasteiger partial charge in [0.25, 0.3) is 5.89 Å². The molecule has 2 N–H and O–H groups in total. The quantitative estimate of drug-likeness (QED) is 0.796. The lowest BCUT2D eigenvalue weighted by molar-refractivity contribution is 0.242. The van der Waals surface area contributed by atoms with Crippen LogP contribution in [0.5, 0.6) is 5.75 Å². The predicted octanol–water partition coefficient (Wildman–Crippen LogP) is 3.13. The first-order chi connectivity index (χ1) is 10.1. The van der Waals surface area contributed by atoms with Crippen molar-refractivity contribution >= 4 is 10.8 Å². The van der Waals surface area contributed by atoms with Crippen molar-refractivity contribution in [3.63, 3.8) is 0 Å². The molecule has 21 heavy (non-hydrogen) atoms. The number of ether oxygens (including phenoxy) is 1. The molecule has 0 bridgehead atoms. The molecule has 0 aliphatic heterocycles. The van der Waals surface area contributed by atoms with Crippen molar-refractivity contribution < 1.29 is 9.26 Å². The monoisotopic (exact) mass is 283 g/mol. The third-order valence-electron chi connectivity index (χ3n) is 3.31. The van der Waals surface area contributed by atoms with Crippen LogP contribution in [0.25, 0.3) is 10.8 Å². The van der Waals surface area contributed by atoms with Crippen LogP contribution in [0, 0.1) is 6.92 Å². The largest absolute Gasteiger partial charge is 0.483 e. The molecule has 0 radical (unpaired) electrons. The van der Waals surface area contributed by atoms with Gasteiger partial charge in [-0.1, -0.05) is 41.6 Å². The second-order valence-electron chi connectivity index (χ2n) is 5.02. The van der Waals surface area contributed by atoms with E-state index in [1.54, 1.807) is 6.92 Å². The number of benzene rings is 2. The lowest BCUT2D eigenvalue weighted by Gasteiger charge is -2.15. The van der Waals surface area contributed by atoms with Gasteiger partial charge in [0.05, 0.1) is 0 Å². The Bertz CT molecular complexity index is 765. The summed E-state index contributed by atoms with van der Waals surface area (Å²) in [4.78, 5) is 4.15. The van der Waals surface area contributed by atoms with E-state index >= 15 is 0 Å². The van der Waals surface area contributed by atoms with Crippen molar-refractivity contribution in [2.75, 3.05) is 0 Å². The maximum Gasteiger partial charge on any atom is 0.264 e. The smallest absolute Gasteiger partial charge is 0.264 e. The summed E-state index contributed by atoms with van der Waals surface area (Å²) in [6.45, 7) is 3.95. The highest BCUT2D eigenvalue weighted by Crippen LogP contribution is 2.33. The Balaban J connectivity index is 1.99. The molecule has 3 aromatic rings. The first kappa shape index (κ1) is 13.6. The molecule has 5 nitrogen and oxygen atoms in total. The van der Waals surface area contributed by atoms with Gasteiger partial charge in [-0.15, -0.1) is 0 Å². The topological polar surface area (TPSA) is 74.2 Å². The van der Waals surface area contributed by atoms with Crippen molar-refractivity contribution in [2.24, 2.45) is 5.73 Å². The van der Waals surface area contributed by atoms with E-state index in [1.807, 2.05) is 37.3 Å². The number of aryl methyl sites for hydroxylation is 1. The van der Waals surface area contributed by atoms with E-state index in [1.165, 1.54) is 0 Å². The fraction of sp³-hybridized carbons (Fsp3) is 0.250. The highest BCUT2D eigenvalue weighted by atomic mass is 16.5. The summed E-state index contributed by atoms with van der Waals surface area (Å²) in [6.07, 6.45) is 0. The van der Waals surface area contributed by atoms with Crippen molar-refractivity contribution in [2.45, 2.75) is 26.5 Å². The van der Waals surface area contributed by atoms with E-state index in [-0.39, 0.29) is 12.6 Å². The molecule has 0 saturated carbocycles. The second kappa shape index (κ2) is 5.54. The van der Waals surface area contributed by atoms with E-state index in [9.17, 15) is 0 Å². The molecule has 0 spiro atoms. The van der Waals surface area contributed by atoms with Crippen molar-refractivity contribution in [3.05, 3.63) is 53.7 Å². The predicted molar refractivity (Wildman–Crippen MR) is 79.9 cm³/mol. The maximum atomic E-state index is 6.05. The minimum Gasteiger partial charge on any atom is -0.483 e. The molecule has 0 fully saturated rings. The molecule has 5 heteroatoms. The number of rotatable bonds is 4. The van der Waals surface area contributed by atoms with Gasteiger partial charge in [-0.25, -0.2) is 0 Å². The molecule has 3 rings (SSSR count). The summed E-state index contributed by atoms with van der Waals surface area (Å²) in [6, 6.07) is 12.0. The first-order valence-electron chi connectivity index (χ1n) is 6.84. The molecule has 0 amide bonds. The normalized spacial score (nSPS) is 12.5. The zero-order valence-electron chi connectivity index (χ0n) is 12.0. The number of nitrogens with zero attached hydrogens (tertiary/aromatic N) is 2. The summed E-state index contributed by atoms with van der Waals surface area (Å²) in [5.41, 5.74) is 7.01. The van der Waals surface area contributed by atoms with Crippen LogP contribution in [0.1, 0.15) is 30.2 Å². The molecule has 1 atom stereocenters. The van der Waals surface area contributed by atoms with Crippen molar-refractivity contribution in [1.29, 1.82) is 0 Å². The van der Waals surface area contributed by atoms with E-state index in [4.69, 9.17) is 15.0 Å². The average Bonchev–Trinajstić information content (AvgIpc) is 2.90. The molecule has 0 aliphatic rings. The summed E-state index contributed by atoms with van der Waals surface area (Å²) in [7, 11) is 0. The minimum absolute atomic E-state index is 0.117. The molecule has 108 valence electrons. The summed E-state index contributed by atoms with van der Waals surface area (Å²) in [5, 5.41) is 5.90. The van der Waals surface area contributed by atoms with Gasteiger partial charge in [0, 0.05) is 17.0 Å². The summed E-state index contributed by atoms with van der Waals surface area (Å²) >= 11 is 0. The Morgan fingerprint density at radius 3 is 2.76 bits per heavy atom. The standard InChI is InChI=1S/C16H17N3O2/c1-10(17)13-8-7-12-5-3-4-6-14(12)16(13)20-9-15-18-11(2)19-21-15/h3-8,10H,9,17H2,1-2H3/t10-/m0/s1. The highest BCUT2D eigenvalue weighted by Gasteiger charge is 2.13. The molecule has 1 heterocycles. The summed E-state index contributed by atoms with van der Waals surface area (Å²) in [5.74, 6) is 1.83. The van der Waals surface area contributed by atoms with E-state index in [2.05, 4.69) is 16.2 Å². The first-order valence-corrected chi connectivity index (χ1v) is 6.84. The van der Waals surface area contributed by atoms with Gasteiger partial charge >= 0.3 is 0 Å². The zero-order valence-corrected chi connectivity index (χ0v) is 12.0. The molecule has 0 saturated heterocycles. The number of hydrogen-bond acceptors (Lipinski definition) is 5. The minimum atomic E-state index is -0.117. The van der Waals surface area contributed by atoms with E-state index in [0.717, 1.165) is 22.1 Å². The average molecular weight is 283 g/mol. The lowest BCUT2D eigenvalue weighted by Crippen LogP contribution is -2.08. The Morgan fingerprint density at radius 2 is 2.05 bits per heavy atom. The van der Waals surface area contributed by atoms with E-state index in [0.29, 0.717) is 11.7 Å². The van der Waals surface area contributed by atoms with Gasteiger partial charge in [0.2, 0.25) is 0 Å². The van der Waals surface area contributed by atoms with Gasteiger partial charge < -0.3 is 15.0 Å². The molecular formula is C16H17N3O2. The van der Waals surface area contributed by atoms with Gasteiger partial charge in [-0.3, -0.25) is 0 Å². The van der Waals surface area contributed by atoms with Crippen LogP contribution in [0.2, 0.25) is 0 Å². The molecule has 0 unspecified atom stereocenters. The SMILES string of the molecule is Cc1noc(COc2c([C@H](C)N)ccc3ccccc23)n1. The third-order valence-corrected chi connectivity index (χ3v) is 3.31.